The van der Waals surface area contributed by atoms with E-state index in [4.69, 9.17) is 16.7 Å². The average Bonchev–Trinajstić information content (AvgIpc) is 3.07. The molecule has 1 fully saturated rings. The van der Waals surface area contributed by atoms with Crippen molar-refractivity contribution in [3.05, 3.63) is 34.6 Å². The van der Waals surface area contributed by atoms with E-state index in [-0.39, 0.29) is 24.3 Å². The number of aliphatic carboxylic acids is 1. The number of carboxylic acids is 1. The molecule has 1 amide bonds. The fraction of sp³-hybridized carbons (Fsp3) is 0.385. The maximum absolute atomic E-state index is 13.7. The Morgan fingerprint density at radius 1 is 1.53 bits per heavy atom. The number of hydrogen-bond donors (Lipinski definition) is 1. The molecule has 0 aromatic heterocycles. The van der Waals surface area contributed by atoms with Gasteiger partial charge in [0.25, 0.3) is 0 Å². The van der Waals surface area contributed by atoms with E-state index >= 15 is 0 Å². The lowest BCUT2D eigenvalue weighted by Crippen LogP contribution is -2.33. The number of carbonyl (C=O) groups is 2. The van der Waals surface area contributed by atoms with Crippen molar-refractivity contribution in [1.82, 2.24) is 4.90 Å². The molecule has 0 spiro atoms. The number of carboxylic acid groups (broad SMARTS) is 1. The summed E-state index contributed by atoms with van der Waals surface area (Å²) in [5.41, 5.74) is 0.353. The van der Waals surface area contributed by atoms with Crippen LogP contribution in [-0.4, -0.2) is 35.5 Å². The van der Waals surface area contributed by atoms with Crippen molar-refractivity contribution in [3.8, 4) is 0 Å². The maximum atomic E-state index is 13.7. The van der Waals surface area contributed by atoms with Gasteiger partial charge < -0.3 is 10.0 Å². The van der Waals surface area contributed by atoms with Gasteiger partial charge in [0.15, 0.2) is 0 Å². The molecule has 2 rings (SSSR count). The maximum Gasteiger partial charge on any atom is 0.323 e. The molecular formula is C13H13ClFNO3. The summed E-state index contributed by atoms with van der Waals surface area (Å²) in [6.07, 6.45) is 0.503. The number of likely N-dealkylation sites (N-methyl/N-ethyl adjacent to an activating group) is 1. The Kier molecular flexibility index (Phi) is 3.75. The first-order valence-corrected chi connectivity index (χ1v) is 6.20. The third-order valence-corrected chi connectivity index (χ3v) is 3.56. The van der Waals surface area contributed by atoms with Crippen molar-refractivity contribution >= 4 is 23.5 Å². The van der Waals surface area contributed by atoms with Crippen molar-refractivity contribution in [2.75, 3.05) is 13.6 Å². The molecule has 0 heterocycles. The van der Waals surface area contributed by atoms with Gasteiger partial charge in [-0.3, -0.25) is 9.59 Å². The zero-order chi connectivity index (χ0) is 14.2. The topological polar surface area (TPSA) is 57.6 Å². The number of carbonyl (C=O) groups excluding carboxylic acids is 1. The summed E-state index contributed by atoms with van der Waals surface area (Å²) in [5, 5.41) is 8.94. The Morgan fingerprint density at radius 2 is 2.21 bits per heavy atom. The van der Waals surface area contributed by atoms with Gasteiger partial charge >= 0.3 is 5.97 Å². The molecular weight excluding hydrogens is 273 g/mol. The minimum absolute atomic E-state index is 0.252. The quantitative estimate of drug-likeness (QED) is 0.922. The molecule has 0 radical (unpaired) electrons. The molecule has 1 aliphatic carbocycles. The molecule has 6 heteroatoms. The molecule has 0 bridgehead atoms. The highest BCUT2D eigenvalue weighted by Crippen LogP contribution is 2.51. The Morgan fingerprint density at radius 3 is 2.79 bits per heavy atom. The van der Waals surface area contributed by atoms with E-state index in [2.05, 4.69) is 0 Å². The molecule has 1 aromatic carbocycles. The van der Waals surface area contributed by atoms with E-state index in [1.54, 1.807) is 6.07 Å². The predicted octanol–water partition coefficient (Wildman–Crippen LogP) is 2.13. The minimum atomic E-state index is -1.07. The number of amides is 1. The molecule has 2 unspecified atom stereocenters. The van der Waals surface area contributed by atoms with Crippen molar-refractivity contribution in [1.29, 1.82) is 0 Å². The summed E-state index contributed by atoms with van der Waals surface area (Å²) in [6, 6.07) is 4.40. The lowest BCUT2D eigenvalue weighted by molar-refractivity contribution is -0.144. The van der Waals surface area contributed by atoms with Gasteiger partial charge in [0.05, 0.1) is 0 Å². The molecule has 2 atom stereocenters. The van der Waals surface area contributed by atoms with Gasteiger partial charge in [0, 0.05) is 29.5 Å². The molecule has 4 nitrogen and oxygen atoms in total. The SMILES string of the molecule is CN(CC(=O)O)C(=O)C1CC1c1c(F)cccc1Cl. The summed E-state index contributed by atoms with van der Waals surface area (Å²) in [5.74, 6) is -2.41. The lowest BCUT2D eigenvalue weighted by Gasteiger charge is -2.14. The van der Waals surface area contributed by atoms with Crippen LogP contribution in [0.25, 0.3) is 0 Å². The third-order valence-electron chi connectivity index (χ3n) is 3.23. The van der Waals surface area contributed by atoms with E-state index in [9.17, 15) is 14.0 Å². The normalized spacial score (nSPS) is 21.0. The first-order chi connectivity index (χ1) is 8.91. The van der Waals surface area contributed by atoms with Crippen molar-refractivity contribution < 1.29 is 19.1 Å². The average molecular weight is 286 g/mol. The molecule has 0 saturated heterocycles. The standard InChI is InChI=1S/C13H13ClFNO3/c1-16(6-11(17)18)13(19)8-5-7(8)12-9(14)3-2-4-10(12)15/h2-4,7-8H,5-6H2,1H3,(H,17,18). The predicted molar refractivity (Wildman–Crippen MR) is 67.5 cm³/mol. The summed E-state index contributed by atoms with van der Waals surface area (Å²) >= 11 is 5.94. The zero-order valence-corrected chi connectivity index (χ0v) is 11.0. The molecule has 1 N–H and O–H groups in total. The molecule has 1 saturated carbocycles. The Balaban J connectivity index is 2.09. The molecule has 102 valence electrons. The van der Waals surface area contributed by atoms with Crippen LogP contribution >= 0.6 is 11.6 Å². The van der Waals surface area contributed by atoms with Crippen LogP contribution in [0, 0.1) is 11.7 Å². The summed E-state index contributed by atoms with van der Waals surface area (Å²) < 4.78 is 13.7. The number of benzene rings is 1. The van der Waals surface area contributed by atoms with E-state index in [1.807, 2.05) is 0 Å². The van der Waals surface area contributed by atoms with Crippen LogP contribution in [0.4, 0.5) is 4.39 Å². The molecule has 1 aliphatic rings. The van der Waals surface area contributed by atoms with Crippen molar-refractivity contribution in [2.45, 2.75) is 12.3 Å². The summed E-state index contributed by atoms with van der Waals surface area (Å²) in [6.45, 7) is -0.354. The molecule has 19 heavy (non-hydrogen) atoms. The first-order valence-electron chi connectivity index (χ1n) is 5.82. The number of hydrogen-bond acceptors (Lipinski definition) is 2. The van der Waals surface area contributed by atoms with Gasteiger partial charge in [-0.2, -0.15) is 0 Å². The van der Waals surface area contributed by atoms with Gasteiger partial charge in [-0.1, -0.05) is 17.7 Å². The fourth-order valence-electron chi connectivity index (χ4n) is 2.22. The largest absolute Gasteiger partial charge is 0.480 e. The first kappa shape index (κ1) is 13.8. The summed E-state index contributed by atoms with van der Waals surface area (Å²) in [4.78, 5) is 23.6. The fourth-order valence-corrected chi connectivity index (χ4v) is 2.52. The van der Waals surface area contributed by atoms with Crippen LogP contribution in [0.3, 0.4) is 0 Å². The van der Waals surface area contributed by atoms with E-state index in [0.29, 0.717) is 17.0 Å². The Bertz CT molecular complexity index is 514. The number of nitrogens with zero attached hydrogens (tertiary/aromatic N) is 1. The lowest BCUT2D eigenvalue weighted by atomic mass is 10.1. The van der Waals surface area contributed by atoms with Crippen molar-refractivity contribution in [3.63, 3.8) is 0 Å². The van der Waals surface area contributed by atoms with Crippen LogP contribution < -0.4 is 0 Å². The smallest absolute Gasteiger partial charge is 0.323 e. The Hall–Kier alpha value is -1.62. The van der Waals surface area contributed by atoms with E-state index in [0.717, 1.165) is 4.90 Å². The highest BCUT2D eigenvalue weighted by molar-refractivity contribution is 6.31. The highest BCUT2D eigenvalue weighted by Gasteiger charge is 2.47. The Labute approximate surface area is 114 Å². The van der Waals surface area contributed by atoms with Crippen molar-refractivity contribution in [2.24, 2.45) is 5.92 Å². The van der Waals surface area contributed by atoms with Gasteiger partial charge in [0.2, 0.25) is 5.91 Å². The number of rotatable bonds is 4. The second-order valence-electron chi connectivity index (χ2n) is 4.67. The van der Waals surface area contributed by atoms with E-state index in [1.165, 1.54) is 19.2 Å². The third kappa shape index (κ3) is 2.87. The van der Waals surface area contributed by atoms with E-state index < -0.39 is 11.8 Å². The van der Waals surface area contributed by atoms with Crippen LogP contribution in [0.2, 0.25) is 5.02 Å². The highest BCUT2D eigenvalue weighted by atomic mass is 35.5. The van der Waals surface area contributed by atoms with Gasteiger partial charge in [-0.05, 0) is 18.6 Å². The number of halogens is 2. The molecule has 1 aromatic rings. The zero-order valence-electron chi connectivity index (χ0n) is 10.3. The van der Waals surface area contributed by atoms with Crippen LogP contribution in [0.1, 0.15) is 17.9 Å². The monoisotopic (exact) mass is 285 g/mol. The second-order valence-corrected chi connectivity index (χ2v) is 5.08. The van der Waals surface area contributed by atoms with Crippen LogP contribution in [0.5, 0.6) is 0 Å². The van der Waals surface area contributed by atoms with Crippen LogP contribution in [-0.2, 0) is 9.59 Å². The molecule has 0 aliphatic heterocycles. The second kappa shape index (κ2) is 5.17. The van der Waals surface area contributed by atoms with Gasteiger partial charge in [-0.25, -0.2) is 4.39 Å². The summed E-state index contributed by atoms with van der Waals surface area (Å²) in [7, 11) is 1.43. The van der Waals surface area contributed by atoms with Gasteiger partial charge in [-0.15, -0.1) is 0 Å². The van der Waals surface area contributed by atoms with Crippen LogP contribution in [0.15, 0.2) is 18.2 Å². The van der Waals surface area contributed by atoms with Gasteiger partial charge in [0.1, 0.15) is 12.4 Å². The minimum Gasteiger partial charge on any atom is -0.480 e.